The largest absolute Gasteiger partial charge is 0.481 e. The van der Waals surface area contributed by atoms with Crippen LogP contribution < -0.4 is 5.32 Å². The molecule has 0 saturated heterocycles. The molecule has 0 radical (unpaired) electrons. The lowest BCUT2D eigenvalue weighted by Gasteiger charge is -2.18. The zero-order chi connectivity index (χ0) is 21.1. The van der Waals surface area contributed by atoms with E-state index in [0.29, 0.717) is 0 Å². The van der Waals surface area contributed by atoms with E-state index in [0.717, 1.165) is 34.5 Å². The van der Waals surface area contributed by atoms with Crippen molar-refractivity contribution in [3.8, 4) is 11.1 Å². The van der Waals surface area contributed by atoms with Crippen LogP contribution >= 0.6 is 0 Å². The summed E-state index contributed by atoms with van der Waals surface area (Å²) in [5.74, 6) is -1.77. The molecule has 1 amide bonds. The van der Waals surface area contributed by atoms with E-state index in [2.05, 4.69) is 10.3 Å². The third kappa shape index (κ3) is 4.00. The molecule has 30 heavy (non-hydrogen) atoms. The van der Waals surface area contributed by atoms with Gasteiger partial charge in [0.15, 0.2) is 0 Å². The van der Waals surface area contributed by atoms with Crippen molar-refractivity contribution >= 4 is 12.1 Å². The predicted molar refractivity (Wildman–Crippen MR) is 107 cm³/mol. The maximum Gasteiger partial charge on any atom is 0.407 e. The zero-order valence-electron chi connectivity index (χ0n) is 15.9. The highest BCUT2D eigenvalue weighted by Crippen LogP contribution is 2.44. The Labute approximate surface area is 172 Å². The number of benzene rings is 2. The van der Waals surface area contributed by atoms with Crippen molar-refractivity contribution in [1.82, 2.24) is 10.3 Å². The Bertz CT molecular complexity index is 1040. The second-order valence-electron chi connectivity index (χ2n) is 7.02. The van der Waals surface area contributed by atoms with Gasteiger partial charge >= 0.3 is 12.1 Å². The fourth-order valence-electron chi connectivity index (χ4n) is 3.78. The number of pyridine rings is 1. The number of hydrogen-bond donors (Lipinski definition) is 2. The molecule has 1 atom stereocenters. The molecule has 6 nitrogen and oxygen atoms in total. The Morgan fingerprint density at radius 1 is 1.03 bits per heavy atom. The minimum atomic E-state index is -1.12. The average Bonchev–Trinajstić information content (AvgIpc) is 3.06. The van der Waals surface area contributed by atoms with Gasteiger partial charge in [-0.25, -0.2) is 9.18 Å². The third-order valence-corrected chi connectivity index (χ3v) is 5.12. The molecule has 0 unspecified atom stereocenters. The Morgan fingerprint density at radius 3 is 2.23 bits per heavy atom. The summed E-state index contributed by atoms with van der Waals surface area (Å²) in [4.78, 5) is 27.5. The topological polar surface area (TPSA) is 88.5 Å². The van der Waals surface area contributed by atoms with E-state index in [-0.39, 0.29) is 18.2 Å². The van der Waals surface area contributed by atoms with E-state index < -0.39 is 30.3 Å². The molecule has 7 heteroatoms. The van der Waals surface area contributed by atoms with Crippen molar-refractivity contribution in [2.75, 3.05) is 6.61 Å². The molecular weight excluding hydrogens is 387 g/mol. The van der Waals surface area contributed by atoms with Crippen molar-refractivity contribution in [3.05, 3.63) is 89.5 Å². The van der Waals surface area contributed by atoms with Crippen molar-refractivity contribution in [2.24, 2.45) is 0 Å². The number of fused-ring (bicyclic) bond motifs is 3. The monoisotopic (exact) mass is 406 g/mol. The van der Waals surface area contributed by atoms with E-state index in [9.17, 15) is 14.0 Å². The summed E-state index contributed by atoms with van der Waals surface area (Å²) in [7, 11) is 0. The molecule has 1 heterocycles. The minimum Gasteiger partial charge on any atom is -0.481 e. The Kier molecular flexibility index (Phi) is 5.43. The van der Waals surface area contributed by atoms with E-state index in [1.54, 1.807) is 0 Å². The number of ether oxygens (including phenoxy) is 1. The van der Waals surface area contributed by atoms with Crippen molar-refractivity contribution < 1.29 is 23.8 Å². The van der Waals surface area contributed by atoms with Gasteiger partial charge in [0.25, 0.3) is 0 Å². The summed E-state index contributed by atoms with van der Waals surface area (Å²) in [5.41, 5.74) is 4.62. The first-order valence-electron chi connectivity index (χ1n) is 9.47. The fourth-order valence-corrected chi connectivity index (χ4v) is 3.78. The lowest BCUT2D eigenvalue weighted by atomic mass is 9.98. The number of carbonyl (C=O) groups is 2. The third-order valence-electron chi connectivity index (χ3n) is 5.12. The Morgan fingerprint density at radius 2 is 1.67 bits per heavy atom. The molecule has 0 spiro atoms. The maximum absolute atomic E-state index is 13.1. The van der Waals surface area contributed by atoms with Crippen LogP contribution in [-0.2, 0) is 9.53 Å². The van der Waals surface area contributed by atoms with E-state index >= 15 is 0 Å². The van der Waals surface area contributed by atoms with E-state index in [4.69, 9.17) is 9.84 Å². The number of aliphatic carboxylic acids is 1. The molecule has 0 aliphatic heterocycles. The number of carboxylic acid groups (broad SMARTS) is 1. The van der Waals surface area contributed by atoms with Gasteiger partial charge in [0.2, 0.25) is 0 Å². The van der Waals surface area contributed by atoms with Crippen molar-refractivity contribution in [3.63, 3.8) is 0 Å². The number of amides is 1. The van der Waals surface area contributed by atoms with Gasteiger partial charge in [0, 0.05) is 5.92 Å². The Hall–Kier alpha value is -3.74. The summed E-state index contributed by atoms with van der Waals surface area (Å²) in [6.45, 7) is 0.108. The summed E-state index contributed by atoms with van der Waals surface area (Å²) in [5, 5.41) is 11.7. The molecule has 152 valence electrons. The van der Waals surface area contributed by atoms with Gasteiger partial charge in [-0.05, 0) is 34.4 Å². The van der Waals surface area contributed by atoms with E-state index in [1.807, 2.05) is 48.5 Å². The van der Waals surface area contributed by atoms with Crippen molar-refractivity contribution in [2.45, 2.75) is 18.4 Å². The van der Waals surface area contributed by atoms with Gasteiger partial charge in [0.05, 0.1) is 24.4 Å². The fraction of sp³-hybridized carbons (Fsp3) is 0.174. The number of nitrogens with zero attached hydrogens (tertiary/aromatic N) is 1. The first-order chi connectivity index (χ1) is 14.5. The van der Waals surface area contributed by atoms with Crippen LogP contribution in [0.5, 0.6) is 0 Å². The van der Waals surface area contributed by atoms with Crippen molar-refractivity contribution in [1.29, 1.82) is 0 Å². The first kappa shape index (κ1) is 19.6. The van der Waals surface area contributed by atoms with E-state index in [1.165, 1.54) is 6.07 Å². The van der Waals surface area contributed by atoms with Crippen LogP contribution in [0.2, 0.25) is 0 Å². The molecule has 2 aromatic carbocycles. The predicted octanol–water partition coefficient (Wildman–Crippen LogP) is 4.28. The van der Waals surface area contributed by atoms with Gasteiger partial charge in [-0.2, -0.15) is 0 Å². The number of aromatic nitrogens is 1. The highest BCUT2D eigenvalue weighted by molar-refractivity contribution is 5.79. The summed E-state index contributed by atoms with van der Waals surface area (Å²) in [6.07, 6.45) is -0.180. The van der Waals surface area contributed by atoms with Crippen LogP contribution in [0.3, 0.4) is 0 Å². The van der Waals surface area contributed by atoms with Gasteiger partial charge in [0.1, 0.15) is 12.4 Å². The number of carboxylic acids is 1. The minimum absolute atomic E-state index is 0.106. The lowest BCUT2D eigenvalue weighted by Crippen LogP contribution is -2.32. The maximum atomic E-state index is 13.1. The summed E-state index contributed by atoms with van der Waals surface area (Å²) < 4.78 is 18.6. The zero-order valence-corrected chi connectivity index (χ0v) is 15.9. The first-order valence-corrected chi connectivity index (χ1v) is 9.47. The van der Waals surface area contributed by atoms with Gasteiger partial charge in [-0.3, -0.25) is 9.78 Å². The number of nitrogens with one attached hydrogen (secondary N) is 1. The Balaban J connectivity index is 1.47. The van der Waals surface area contributed by atoms with Crippen LogP contribution in [-0.4, -0.2) is 28.8 Å². The molecule has 1 aliphatic rings. The number of alkyl carbamates (subject to hydrolysis) is 1. The number of hydrogen-bond acceptors (Lipinski definition) is 4. The molecule has 0 bridgehead atoms. The summed E-state index contributed by atoms with van der Waals surface area (Å²) >= 11 is 0. The normalized spacial score (nSPS) is 13.2. The molecule has 0 saturated carbocycles. The number of halogens is 1. The average molecular weight is 406 g/mol. The molecule has 1 aromatic heterocycles. The second-order valence-corrected chi connectivity index (χ2v) is 7.02. The number of carbonyl (C=O) groups excluding carboxylic acids is 1. The molecule has 4 rings (SSSR count). The standard InChI is InChI=1S/C23H19FN2O4/c24-14-9-10-20(25-12-14)21(11-22(27)28)26-23(29)30-13-19-17-7-3-1-5-15(17)16-6-2-4-8-18(16)19/h1-10,12,19,21H,11,13H2,(H,26,29)(H,27,28)/t21-/m0/s1. The molecular formula is C23H19FN2O4. The number of rotatable bonds is 6. The van der Waals surface area contributed by atoms with Gasteiger partial charge in [-0.15, -0.1) is 0 Å². The highest BCUT2D eigenvalue weighted by atomic mass is 19.1. The smallest absolute Gasteiger partial charge is 0.407 e. The van der Waals surface area contributed by atoms with Crippen LogP contribution in [0, 0.1) is 5.82 Å². The quantitative estimate of drug-likeness (QED) is 0.638. The van der Waals surface area contributed by atoms with Crippen LogP contribution in [0.4, 0.5) is 9.18 Å². The van der Waals surface area contributed by atoms with Gasteiger partial charge < -0.3 is 15.2 Å². The van der Waals surface area contributed by atoms with Gasteiger partial charge in [-0.1, -0.05) is 48.5 Å². The van der Waals surface area contributed by atoms with Crippen LogP contribution in [0.1, 0.15) is 35.2 Å². The molecule has 3 aromatic rings. The molecule has 2 N–H and O–H groups in total. The SMILES string of the molecule is O=C(O)C[C@H](NC(=O)OCC1c2ccccc2-c2ccccc21)c1ccc(F)cn1. The van der Waals surface area contributed by atoms with Crippen LogP contribution in [0.25, 0.3) is 11.1 Å². The van der Waals surface area contributed by atoms with Crippen LogP contribution in [0.15, 0.2) is 66.9 Å². The lowest BCUT2D eigenvalue weighted by molar-refractivity contribution is -0.137. The summed E-state index contributed by atoms with van der Waals surface area (Å²) in [6, 6.07) is 17.5. The highest BCUT2D eigenvalue weighted by Gasteiger charge is 2.29. The second kappa shape index (κ2) is 8.32. The molecule has 1 aliphatic carbocycles. The molecule has 0 fully saturated rings.